The van der Waals surface area contributed by atoms with Crippen LogP contribution in [0.1, 0.15) is 30.6 Å². The molecule has 2 heterocycles. The van der Waals surface area contributed by atoms with E-state index in [1.165, 1.54) is 6.20 Å². The molecule has 6 nitrogen and oxygen atoms in total. The molecule has 2 atom stereocenters. The number of aromatic nitrogens is 2. The van der Waals surface area contributed by atoms with E-state index in [9.17, 15) is 4.79 Å². The van der Waals surface area contributed by atoms with Crippen LogP contribution < -0.4 is 5.32 Å². The van der Waals surface area contributed by atoms with Gasteiger partial charge in [-0.25, -0.2) is 0 Å². The van der Waals surface area contributed by atoms with Gasteiger partial charge in [-0.15, -0.1) is 0 Å². The lowest BCUT2D eigenvalue weighted by Gasteiger charge is -2.57. The SMILES string of the molecule is CC1(C)C(NC(=O)c2cnnc(-c3ccccc3)c2)CC1N1CCOCC1. The second kappa shape index (κ2) is 7.37. The topological polar surface area (TPSA) is 67.4 Å². The Balaban J connectivity index is 1.43. The summed E-state index contributed by atoms with van der Waals surface area (Å²) in [5, 5.41) is 11.4. The third-order valence-electron chi connectivity index (χ3n) is 5.99. The summed E-state index contributed by atoms with van der Waals surface area (Å²) in [5.74, 6) is -0.0828. The lowest BCUT2D eigenvalue weighted by Crippen LogP contribution is -2.67. The predicted molar refractivity (Wildman–Crippen MR) is 103 cm³/mol. The first-order valence-corrected chi connectivity index (χ1v) is 9.56. The molecule has 0 radical (unpaired) electrons. The number of morpholine rings is 1. The zero-order valence-electron chi connectivity index (χ0n) is 15.9. The van der Waals surface area contributed by atoms with E-state index in [1.807, 2.05) is 36.4 Å². The normalized spacial score (nSPS) is 24.8. The van der Waals surface area contributed by atoms with E-state index in [0.717, 1.165) is 38.3 Å². The molecular weight excluding hydrogens is 340 g/mol. The fourth-order valence-corrected chi connectivity index (χ4v) is 4.14. The zero-order valence-corrected chi connectivity index (χ0v) is 15.9. The summed E-state index contributed by atoms with van der Waals surface area (Å²) in [4.78, 5) is 15.3. The van der Waals surface area contributed by atoms with Crippen molar-refractivity contribution in [2.24, 2.45) is 5.41 Å². The van der Waals surface area contributed by atoms with E-state index in [2.05, 4.69) is 34.3 Å². The van der Waals surface area contributed by atoms with Crippen LogP contribution in [0.25, 0.3) is 11.3 Å². The highest BCUT2D eigenvalue weighted by Gasteiger charge is 2.51. The number of rotatable bonds is 4. The second-order valence-electron chi connectivity index (χ2n) is 7.94. The molecule has 1 amide bonds. The summed E-state index contributed by atoms with van der Waals surface area (Å²) >= 11 is 0. The highest BCUT2D eigenvalue weighted by atomic mass is 16.5. The Morgan fingerprint density at radius 2 is 1.96 bits per heavy atom. The van der Waals surface area contributed by atoms with Crippen molar-refractivity contribution in [3.05, 3.63) is 48.2 Å². The molecule has 1 N–H and O–H groups in total. The first-order chi connectivity index (χ1) is 13.1. The molecule has 1 saturated carbocycles. The van der Waals surface area contributed by atoms with Gasteiger partial charge in [-0.1, -0.05) is 44.2 Å². The van der Waals surface area contributed by atoms with Gasteiger partial charge in [0.15, 0.2) is 0 Å². The minimum absolute atomic E-state index is 0.0374. The molecule has 1 aliphatic heterocycles. The van der Waals surface area contributed by atoms with Crippen LogP contribution in [-0.2, 0) is 4.74 Å². The highest BCUT2D eigenvalue weighted by Crippen LogP contribution is 2.44. The van der Waals surface area contributed by atoms with Gasteiger partial charge in [-0.2, -0.15) is 10.2 Å². The van der Waals surface area contributed by atoms with E-state index in [1.54, 1.807) is 0 Å². The first kappa shape index (κ1) is 18.1. The van der Waals surface area contributed by atoms with Gasteiger partial charge in [0.2, 0.25) is 0 Å². The fourth-order valence-electron chi connectivity index (χ4n) is 4.14. The van der Waals surface area contributed by atoms with Crippen LogP contribution in [0.4, 0.5) is 0 Å². The lowest BCUT2D eigenvalue weighted by molar-refractivity contribution is -0.0750. The lowest BCUT2D eigenvalue weighted by atomic mass is 9.62. The molecular formula is C21H26N4O2. The molecule has 142 valence electrons. The van der Waals surface area contributed by atoms with Gasteiger partial charge in [-0.3, -0.25) is 9.69 Å². The van der Waals surface area contributed by atoms with Crippen LogP contribution in [0.15, 0.2) is 42.6 Å². The van der Waals surface area contributed by atoms with Crippen LogP contribution >= 0.6 is 0 Å². The highest BCUT2D eigenvalue weighted by molar-refractivity contribution is 5.95. The number of hydrogen-bond donors (Lipinski definition) is 1. The van der Waals surface area contributed by atoms with Crippen LogP contribution in [0, 0.1) is 5.41 Å². The van der Waals surface area contributed by atoms with Gasteiger partial charge < -0.3 is 10.1 Å². The minimum Gasteiger partial charge on any atom is -0.379 e. The summed E-state index contributed by atoms with van der Waals surface area (Å²) in [7, 11) is 0. The number of hydrogen-bond acceptors (Lipinski definition) is 5. The van der Waals surface area contributed by atoms with Crippen molar-refractivity contribution < 1.29 is 9.53 Å². The Hall–Kier alpha value is -2.31. The molecule has 1 aliphatic carbocycles. The Kier molecular flexibility index (Phi) is 4.93. The van der Waals surface area contributed by atoms with Crippen molar-refractivity contribution in [1.82, 2.24) is 20.4 Å². The number of ether oxygens (including phenoxy) is 1. The number of amides is 1. The maximum absolute atomic E-state index is 12.8. The fraction of sp³-hybridized carbons (Fsp3) is 0.476. The van der Waals surface area contributed by atoms with E-state index in [4.69, 9.17) is 4.74 Å². The van der Waals surface area contributed by atoms with Gasteiger partial charge in [0.25, 0.3) is 5.91 Å². The van der Waals surface area contributed by atoms with Crippen molar-refractivity contribution in [1.29, 1.82) is 0 Å². The summed E-state index contributed by atoms with van der Waals surface area (Å²) in [6, 6.07) is 12.2. The molecule has 0 spiro atoms. The van der Waals surface area contributed by atoms with Crippen molar-refractivity contribution in [2.45, 2.75) is 32.4 Å². The summed E-state index contributed by atoms with van der Waals surface area (Å²) in [6.07, 6.45) is 2.51. The standard InChI is InChI=1S/C21H26N4O2/c1-21(2)18(13-19(21)25-8-10-27-11-9-25)23-20(26)16-12-17(24-22-14-16)15-6-4-3-5-7-15/h3-7,12,14,18-19H,8-11,13H2,1-2H3,(H,23,26). The molecule has 2 aliphatic rings. The Labute approximate surface area is 159 Å². The Bertz CT molecular complexity index is 803. The van der Waals surface area contributed by atoms with Crippen LogP contribution in [-0.4, -0.2) is 59.4 Å². The maximum Gasteiger partial charge on any atom is 0.253 e. The van der Waals surface area contributed by atoms with Crippen molar-refractivity contribution in [3.8, 4) is 11.3 Å². The monoisotopic (exact) mass is 366 g/mol. The summed E-state index contributed by atoms with van der Waals surface area (Å²) in [5.41, 5.74) is 2.25. The third-order valence-corrected chi connectivity index (χ3v) is 5.99. The quantitative estimate of drug-likeness (QED) is 0.900. The van der Waals surface area contributed by atoms with Crippen LogP contribution in [0.5, 0.6) is 0 Å². The minimum atomic E-state index is -0.0828. The number of carbonyl (C=O) groups is 1. The van der Waals surface area contributed by atoms with Crippen LogP contribution in [0.3, 0.4) is 0 Å². The average molecular weight is 366 g/mol. The van der Waals surface area contributed by atoms with Gasteiger partial charge in [0, 0.05) is 36.2 Å². The molecule has 1 saturated heterocycles. The summed E-state index contributed by atoms with van der Waals surface area (Å²) < 4.78 is 5.46. The number of carbonyl (C=O) groups excluding carboxylic acids is 1. The molecule has 1 aromatic heterocycles. The molecule has 2 aromatic rings. The maximum atomic E-state index is 12.8. The zero-order chi connectivity index (χ0) is 18.9. The second-order valence-corrected chi connectivity index (χ2v) is 7.94. The van der Waals surface area contributed by atoms with Crippen LogP contribution in [0.2, 0.25) is 0 Å². The number of nitrogens with zero attached hydrogens (tertiary/aromatic N) is 3. The number of benzene rings is 1. The average Bonchev–Trinajstić information content (AvgIpc) is 2.72. The largest absolute Gasteiger partial charge is 0.379 e. The van der Waals surface area contributed by atoms with Crippen molar-refractivity contribution in [2.75, 3.05) is 26.3 Å². The van der Waals surface area contributed by atoms with E-state index < -0.39 is 0 Å². The first-order valence-electron chi connectivity index (χ1n) is 9.56. The van der Waals surface area contributed by atoms with Gasteiger partial charge in [-0.05, 0) is 12.5 Å². The van der Waals surface area contributed by atoms with Gasteiger partial charge in [0.05, 0.1) is 30.7 Å². The van der Waals surface area contributed by atoms with E-state index in [-0.39, 0.29) is 17.4 Å². The third kappa shape index (κ3) is 3.59. The molecule has 27 heavy (non-hydrogen) atoms. The van der Waals surface area contributed by atoms with Gasteiger partial charge in [0.1, 0.15) is 0 Å². The smallest absolute Gasteiger partial charge is 0.253 e. The van der Waals surface area contributed by atoms with E-state index >= 15 is 0 Å². The molecule has 1 aromatic carbocycles. The molecule has 4 rings (SSSR count). The van der Waals surface area contributed by atoms with Crippen molar-refractivity contribution >= 4 is 5.91 Å². The van der Waals surface area contributed by atoms with Gasteiger partial charge >= 0.3 is 0 Å². The molecule has 0 bridgehead atoms. The predicted octanol–water partition coefficient (Wildman–Crippen LogP) is 2.37. The Morgan fingerprint density at radius 1 is 1.22 bits per heavy atom. The van der Waals surface area contributed by atoms with Crippen molar-refractivity contribution in [3.63, 3.8) is 0 Å². The molecule has 2 unspecified atom stereocenters. The summed E-state index contributed by atoms with van der Waals surface area (Å²) in [6.45, 7) is 8.03. The molecule has 2 fully saturated rings. The molecule has 6 heteroatoms. The Morgan fingerprint density at radius 3 is 2.67 bits per heavy atom. The van der Waals surface area contributed by atoms with E-state index in [0.29, 0.717) is 17.3 Å². The number of nitrogens with one attached hydrogen (secondary N) is 1.